The highest BCUT2D eigenvalue weighted by Gasteiger charge is 2.22. The number of hydrogen-bond donors (Lipinski definition) is 3. The minimum atomic E-state index is -0.114. The smallest absolute Gasteiger partial charge is 0.321 e. The summed E-state index contributed by atoms with van der Waals surface area (Å²) >= 11 is 2.94. The summed E-state index contributed by atoms with van der Waals surface area (Å²) in [6.45, 7) is 2.81. The maximum Gasteiger partial charge on any atom is 0.321 e. The molecule has 30 heavy (non-hydrogen) atoms. The number of likely N-dealkylation sites (tertiary alicyclic amines) is 1. The van der Waals surface area contributed by atoms with Crippen LogP contribution in [0.4, 0.5) is 10.5 Å². The number of carbonyl (C=O) groups is 2. The SMILES string of the molecule is O=C(CSc1nc2ccc(NC(=O)N3CCC(CO)CC3)cc2s1)N[C@@H]1CCOC1. The van der Waals surface area contributed by atoms with Gasteiger partial charge in [-0.15, -0.1) is 11.3 Å². The Kier molecular flexibility index (Phi) is 7.08. The van der Waals surface area contributed by atoms with Gasteiger partial charge in [-0.1, -0.05) is 11.8 Å². The lowest BCUT2D eigenvalue weighted by Gasteiger charge is -2.31. The molecule has 0 bridgehead atoms. The van der Waals surface area contributed by atoms with E-state index in [4.69, 9.17) is 4.74 Å². The molecule has 1 aromatic heterocycles. The number of nitrogens with one attached hydrogen (secondary N) is 2. The van der Waals surface area contributed by atoms with Crippen molar-refractivity contribution in [1.29, 1.82) is 0 Å². The van der Waals surface area contributed by atoms with Crippen molar-refractivity contribution in [2.75, 3.05) is 44.0 Å². The Labute approximate surface area is 183 Å². The molecule has 0 spiro atoms. The topological polar surface area (TPSA) is 104 Å². The molecule has 1 aromatic carbocycles. The lowest BCUT2D eigenvalue weighted by atomic mass is 9.98. The number of aliphatic hydroxyl groups excluding tert-OH is 1. The molecule has 2 saturated heterocycles. The Balaban J connectivity index is 1.31. The second-order valence-electron chi connectivity index (χ2n) is 7.62. The number of rotatable bonds is 6. The van der Waals surface area contributed by atoms with Crippen molar-refractivity contribution in [3.63, 3.8) is 0 Å². The fourth-order valence-electron chi connectivity index (χ4n) is 3.61. The number of aliphatic hydroxyl groups is 1. The predicted octanol–water partition coefficient (Wildman–Crippen LogP) is 2.53. The van der Waals surface area contributed by atoms with E-state index in [2.05, 4.69) is 15.6 Å². The van der Waals surface area contributed by atoms with E-state index in [1.807, 2.05) is 18.2 Å². The van der Waals surface area contributed by atoms with Crippen molar-refractivity contribution in [2.45, 2.75) is 29.6 Å². The summed E-state index contributed by atoms with van der Waals surface area (Å²) in [7, 11) is 0. The van der Waals surface area contributed by atoms with Gasteiger partial charge in [-0.2, -0.15) is 0 Å². The average Bonchev–Trinajstić information content (AvgIpc) is 3.41. The summed E-state index contributed by atoms with van der Waals surface area (Å²) in [4.78, 5) is 30.9. The number of thiazole rings is 1. The number of fused-ring (bicyclic) bond motifs is 1. The van der Waals surface area contributed by atoms with Crippen LogP contribution in [-0.2, 0) is 9.53 Å². The summed E-state index contributed by atoms with van der Waals surface area (Å²) in [6.07, 6.45) is 2.53. The first-order valence-electron chi connectivity index (χ1n) is 10.2. The van der Waals surface area contributed by atoms with Crippen molar-refractivity contribution in [2.24, 2.45) is 5.92 Å². The Morgan fingerprint density at radius 2 is 2.13 bits per heavy atom. The standard InChI is InChI=1S/C20H26N4O4S2/c25-10-13-3-6-24(7-4-13)19(27)22-14-1-2-16-17(9-14)30-20(23-16)29-12-18(26)21-15-5-8-28-11-15/h1-2,9,13,15,25H,3-8,10-12H2,(H,21,26)(H,22,27)/t15-/m1/s1. The lowest BCUT2D eigenvalue weighted by Crippen LogP contribution is -2.41. The van der Waals surface area contributed by atoms with Crippen LogP contribution in [0, 0.1) is 5.92 Å². The number of piperidine rings is 1. The van der Waals surface area contributed by atoms with Crippen LogP contribution in [0.3, 0.4) is 0 Å². The summed E-state index contributed by atoms with van der Waals surface area (Å²) < 4.78 is 7.08. The molecule has 2 fully saturated rings. The number of carbonyl (C=O) groups excluding carboxylic acids is 2. The lowest BCUT2D eigenvalue weighted by molar-refractivity contribution is -0.119. The molecule has 4 rings (SSSR count). The maximum atomic E-state index is 12.5. The minimum Gasteiger partial charge on any atom is -0.396 e. The number of aromatic nitrogens is 1. The monoisotopic (exact) mass is 450 g/mol. The third-order valence-corrected chi connectivity index (χ3v) is 7.56. The highest BCUT2D eigenvalue weighted by Crippen LogP contribution is 2.31. The Morgan fingerprint density at radius 3 is 2.87 bits per heavy atom. The average molecular weight is 451 g/mol. The van der Waals surface area contributed by atoms with Crippen LogP contribution in [0.5, 0.6) is 0 Å². The molecule has 10 heteroatoms. The van der Waals surface area contributed by atoms with Crippen LogP contribution in [0.1, 0.15) is 19.3 Å². The zero-order valence-electron chi connectivity index (χ0n) is 16.6. The van der Waals surface area contributed by atoms with E-state index in [0.717, 1.165) is 39.5 Å². The minimum absolute atomic E-state index is 0.00678. The number of nitrogens with zero attached hydrogens (tertiary/aromatic N) is 2. The van der Waals surface area contributed by atoms with Crippen LogP contribution in [-0.4, -0.2) is 71.6 Å². The third-order valence-electron chi connectivity index (χ3n) is 5.40. The Bertz CT molecular complexity index is 892. The Hall–Kier alpha value is -1.88. The highest BCUT2D eigenvalue weighted by molar-refractivity contribution is 8.01. The Morgan fingerprint density at radius 1 is 1.30 bits per heavy atom. The van der Waals surface area contributed by atoms with E-state index in [1.165, 1.54) is 23.1 Å². The van der Waals surface area contributed by atoms with Crippen LogP contribution in [0.2, 0.25) is 0 Å². The molecule has 2 aliphatic rings. The van der Waals surface area contributed by atoms with Gasteiger partial charge in [0, 0.05) is 32.0 Å². The van der Waals surface area contributed by atoms with E-state index in [9.17, 15) is 14.7 Å². The van der Waals surface area contributed by atoms with Crippen molar-refractivity contribution in [3.05, 3.63) is 18.2 Å². The zero-order chi connectivity index (χ0) is 20.9. The largest absolute Gasteiger partial charge is 0.396 e. The van der Waals surface area contributed by atoms with Gasteiger partial charge < -0.3 is 25.4 Å². The van der Waals surface area contributed by atoms with Crippen molar-refractivity contribution >= 4 is 50.9 Å². The number of thioether (sulfide) groups is 1. The highest BCUT2D eigenvalue weighted by atomic mass is 32.2. The van der Waals surface area contributed by atoms with E-state index >= 15 is 0 Å². The van der Waals surface area contributed by atoms with Crippen molar-refractivity contribution in [3.8, 4) is 0 Å². The van der Waals surface area contributed by atoms with Crippen LogP contribution < -0.4 is 10.6 Å². The van der Waals surface area contributed by atoms with Gasteiger partial charge in [-0.25, -0.2) is 9.78 Å². The van der Waals surface area contributed by atoms with Gasteiger partial charge in [0.15, 0.2) is 4.34 Å². The molecule has 162 valence electrons. The molecule has 3 amide bonds. The molecular formula is C20H26N4O4S2. The van der Waals surface area contributed by atoms with Gasteiger partial charge in [0.25, 0.3) is 0 Å². The molecule has 0 radical (unpaired) electrons. The summed E-state index contributed by atoms with van der Waals surface area (Å²) in [5.41, 5.74) is 1.59. The first-order chi connectivity index (χ1) is 14.6. The van der Waals surface area contributed by atoms with Crippen LogP contribution >= 0.6 is 23.1 Å². The molecule has 0 aliphatic carbocycles. The number of urea groups is 1. The molecule has 1 atom stereocenters. The number of benzene rings is 1. The predicted molar refractivity (Wildman–Crippen MR) is 118 cm³/mol. The van der Waals surface area contributed by atoms with Crippen LogP contribution in [0.25, 0.3) is 10.2 Å². The molecule has 3 N–H and O–H groups in total. The molecule has 0 unspecified atom stereocenters. The van der Waals surface area contributed by atoms with E-state index < -0.39 is 0 Å². The van der Waals surface area contributed by atoms with Gasteiger partial charge in [0.1, 0.15) is 0 Å². The maximum absolute atomic E-state index is 12.5. The molecular weight excluding hydrogens is 424 g/mol. The summed E-state index contributed by atoms with van der Waals surface area (Å²) in [6, 6.07) is 5.67. The van der Waals surface area contributed by atoms with Crippen molar-refractivity contribution < 1.29 is 19.4 Å². The first kappa shape index (κ1) is 21.4. The summed E-state index contributed by atoms with van der Waals surface area (Å²) in [5.74, 6) is 0.615. The van der Waals surface area contributed by atoms with Gasteiger partial charge in [0.2, 0.25) is 5.91 Å². The number of anilines is 1. The normalized spacial score (nSPS) is 19.9. The second kappa shape index (κ2) is 9.95. The number of amides is 3. The molecule has 3 heterocycles. The van der Waals surface area contributed by atoms with Gasteiger partial charge in [0.05, 0.1) is 28.6 Å². The van der Waals surface area contributed by atoms with Gasteiger partial charge in [-0.05, 0) is 43.4 Å². The quantitative estimate of drug-likeness (QED) is 0.585. The first-order valence-corrected chi connectivity index (χ1v) is 12.0. The summed E-state index contributed by atoms with van der Waals surface area (Å²) in [5, 5.41) is 15.2. The van der Waals surface area contributed by atoms with Gasteiger partial charge in [-0.3, -0.25) is 4.79 Å². The van der Waals surface area contributed by atoms with E-state index in [0.29, 0.717) is 38.0 Å². The van der Waals surface area contributed by atoms with Crippen LogP contribution in [0.15, 0.2) is 22.5 Å². The fourth-order valence-corrected chi connectivity index (χ4v) is 5.53. The molecule has 0 saturated carbocycles. The molecule has 2 aliphatic heterocycles. The van der Waals surface area contributed by atoms with E-state index in [-0.39, 0.29) is 24.6 Å². The number of hydrogen-bond acceptors (Lipinski definition) is 7. The fraction of sp³-hybridized carbons (Fsp3) is 0.550. The van der Waals surface area contributed by atoms with Crippen molar-refractivity contribution in [1.82, 2.24) is 15.2 Å². The number of ether oxygens (including phenoxy) is 1. The molecule has 2 aromatic rings. The third kappa shape index (κ3) is 5.42. The van der Waals surface area contributed by atoms with E-state index in [1.54, 1.807) is 4.90 Å². The second-order valence-corrected chi connectivity index (χ2v) is 9.88. The molecule has 8 nitrogen and oxygen atoms in total. The zero-order valence-corrected chi connectivity index (χ0v) is 18.3. The van der Waals surface area contributed by atoms with Gasteiger partial charge >= 0.3 is 6.03 Å².